The molecule has 1 aliphatic rings. The van der Waals surface area contributed by atoms with Crippen molar-refractivity contribution in [1.29, 1.82) is 0 Å². The maximum atomic E-state index is 12.3. The van der Waals surface area contributed by atoms with Crippen molar-refractivity contribution in [1.82, 2.24) is 20.4 Å². The number of nitrogens with one attached hydrogen (secondary N) is 2. The molecule has 1 fully saturated rings. The van der Waals surface area contributed by atoms with E-state index in [-0.39, 0.29) is 18.0 Å². The summed E-state index contributed by atoms with van der Waals surface area (Å²) in [4.78, 5) is 28.4. The van der Waals surface area contributed by atoms with Crippen LogP contribution in [0.3, 0.4) is 0 Å². The third-order valence-corrected chi connectivity index (χ3v) is 4.76. The van der Waals surface area contributed by atoms with E-state index in [0.717, 1.165) is 31.5 Å². The number of carbonyl (C=O) groups excluding carboxylic acids is 2. The van der Waals surface area contributed by atoms with Crippen LogP contribution in [0.15, 0.2) is 24.3 Å². The van der Waals surface area contributed by atoms with E-state index in [4.69, 9.17) is 0 Å². The molecular formula is C19H30N4O2. The summed E-state index contributed by atoms with van der Waals surface area (Å²) in [6, 6.07) is 7.57. The van der Waals surface area contributed by atoms with Crippen molar-refractivity contribution in [2.75, 3.05) is 33.2 Å². The standard InChI is InChI=1S/C19H30N4O2/c1-4-23(5-2)18(24)16-8-6-15(7-9-16)14-20-19(25)21-17-10-12-22(3)13-11-17/h6-9,17H,4-5,10-14H2,1-3H3,(H2,20,21,25). The van der Waals surface area contributed by atoms with Crippen molar-refractivity contribution in [3.8, 4) is 0 Å². The predicted octanol–water partition coefficient (Wildman–Crippen LogP) is 2.06. The van der Waals surface area contributed by atoms with E-state index in [2.05, 4.69) is 22.6 Å². The molecule has 138 valence electrons. The second kappa shape index (κ2) is 9.42. The van der Waals surface area contributed by atoms with Gasteiger partial charge in [-0.05, 0) is 64.5 Å². The molecule has 0 atom stereocenters. The molecule has 0 saturated carbocycles. The van der Waals surface area contributed by atoms with Crippen LogP contribution in [-0.4, -0.2) is 61.0 Å². The molecule has 25 heavy (non-hydrogen) atoms. The number of piperidine rings is 1. The first kappa shape index (κ1) is 19.2. The van der Waals surface area contributed by atoms with E-state index in [1.54, 1.807) is 4.90 Å². The zero-order valence-corrected chi connectivity index (χ0v) is 15.5. The fourth-order valence-electron chi connectivity index (χ4n) is 3.03. The lowest BCUT2D eigenvalue weighted by atomic mass is 10.1. The first-order valence-electron chi connectivity index (χ1n) is 9.14. The number of urea groups is 1. The minimum Gasteiger partial charge on any atom is -0.339 e. The molecule has 1 heterocycles. The summed E-state index contributed by atoms with van der Waals surface area (Å²) in [5, 5.41) is 5.92. The van der Waals surface area contributed by atoms with Gasteiger partial charge in [0.2, 0.25) is 0 Å². The SMILES string of the molecule is CCN(CC)C(=O)c1ccc(CNC(=O)NC2CCN(C)CC2)cc1. The van der Waals surface area contributed by atoms with E-state index < -0.39 is 0 Å². The van der Waals surface area contributed by atoms with Gasteiger partial charge >= 0.3 is 6.03 Å². The molecular weight excluding hydrogens is 316 g/mol. The highest BCUT2D eigenvalue weighted by molar-refractivity contribution is 5.94. The van der Waals surface area contributed by atoms with E-state index >= 15 is 0 Å². The zero-order valence-electron chi connectivity index (χ0n) is 15.5. The Morgan fingerprint density at radius 1 is 1.12 bits per heavy atom. The van der Waals surface area contributed by atoms with Crippen LogP contribution in [0.25, 0.3) is 0 Å². The molecule has 1 saturated heterocycles. The van der Waals surface area contributed by atoms with Crippen LogP contribution >= 0.6 is 0 Å². The molecule has 6 nitrogen and oxygen atoms in total. The largest absolute Gasteiger partial charge is 0.339 e. The minimum atomic E-state index is -0.127. The quantitative estimate of drug-likeness (QED) is 0.829. The predicted molar refractivity (Wildman–Crippen MR) is 99.6 cm³/mol. The lowest BCUT2D eigenvalue weighted by Crippen LogP contribution is -2.46. The Labute approximate surface area is 150 Å². The number of benzene rings is 1. The topological polar surface area (TPSA) is 64.7 Å². The Morgan fingerprint density at radius 3 is 2.28 bits per heavy atom. The Morgan fingerprint density at radius 2 is 1.72 bits per heavy atom. The van der Waals surface area contributed by atoms with Gasteiger partial charge in [-0.15, -0.1) is 0 Å². The van der Waals surface area contributed by atoms with Gasteiger partial charge in [-0.25, -0.2) is 4.79 Å². The van der Waals surface area contributed by atoms with E-state index in [0.29, 0.717) is 25.2 Å². The van der Waals surface area contributed by atoms with Crippen LogP contribution < -0.4 is 10.6 Å². The average Bonchev–Trinajstić information content (AvgIpc) is 2.63. The molecule has 1 aromatic carbocycles. The fraction of sp³-hybridized carbons (Fsp3) is 0.579. The van der Waals surface area contributed by atoms with Gasteiger partial charge in [0.05, 0.1) is 0 Å². The van der Waals surface area contributed by atoms with Gasteiger partial charge < -0.3 is 20.4 Å². The Kier molecular flexibility index (Phi) is 7.25. The summed E-state index contributed by atoms with van der Waals surface area (Å²) in [5.41, 5.74) is 1.66. The summed E-state index contributed by atoms with van der Waals surface area (Å²) in [5.74, 6) is 0.0459. The lowest BCUT2D eigenvalue weighted by Gasteiger charge is -2.29. The molecule has 0 bridgehead atoms. The zero-order chi connectivity index (χ0) is 18.2. The van der Waals surface area contributed by atoms with Crippen molar-refractivity contribution in [3.05, 3.63) is 35.4 Å². The maximum Gasteiger partial charge on any atom is 0.315 e. The third-order valence-electron chi connectivity index (χ3n) is 4.76. The number of amides is 3. The van der Waals surface area contributed by atoms with Crippen LogP contribution in [0.4, 0.5) is 4.79 Å². The van der Waals surface area contributed by atoms with E-state index in [1.807, 2.05) is 38.1 Å². The Bertz CT molecular complexity index is 561. The summed E-state index contributed by atoms with van der Waals surface area (Å²) in [7, 11) is 2.10. The van der Waals surface area contributed by atoms with Gasteiger partial charge in [0.15, 0.2) is 0 Å². The Balaban J connectivity index is 1.79. The van der Waals surface area contributed by atoms with Crippen LogP contribution in [0, 0.1) is 0 Å². The van der Waals surface area contributed by atoms with Gasteiger partial charge in [-0.1, -0.05) is 12.1 Å². The maximum absolute atomic E-state index is 12.3. The van der Waals surface area contributed by atoms with Gasteiger partial charge in [0.1, 0.15) is 0 Å². The first-order valence-corrected chi connectivity index (χ1v) is 9.14. The highest BCUT2D eigenvalue weighted by Gasteiger charge is 2.18. The molecule has 0 aromatic heterocycles. The molecule has 2 N–H and O–H groups in total. The van der Waals surface area contributed by atoms with Crippen LogP contribution in [0.2, 0.25) is 0 Å². The van der Waals surface area contributed by atoms with Crippen molar-refractivity contribution in [3.63, 3.8) is 0 Å². The fourth-order valence-corrected chi connectivity index (χ4v) is 3.03. The summed E-state index contributed by atoms with van der Waals surface area (Å²) >= 11 is 0. The number of likely N-dealkylation sites (tertiary alicyclic amines) is 1. The van der Waals surface area contributed by atoms with Gasteiger partial charge in [0.25, 0.3) is 5.91 Å². The normalized spacial score (nSPS) is 15.6. The van der Waals surface area contributed by atoms with Crippen LogP contribution in [-0.2, 0) is 6.54 Å². The Hall–Kier alpha value is -2.08. The molecule has 0 unspecified atom stereocenters. The molecule has 0 aliphatic carbocycles. The van der Waals surface area contributed by atoms with Gasteiger partial charge in [0, 0.05) is 31.2 Å². The van der Waals surface area contributed by atoms with Gasteiger partial charge in [-0.3, -0.25) is 4.79 Å². The first-order chi connectivity index (χ1) is 12.0. The number of hydrogen-bond donors (Lipinski definition) is 2. The number of hydrogen-bond acceptors (Lipinski definition) is 3. The lowest BCUT2D eigenvalue weighted by molar-refractivity contribution is 0.0773. The third kappa shape index (κ3) is 5.74. The number of carbonyl (C=O) groups is 2. The summed E-state index contributed by atoms with van der Waals surface area (Å²) in [6.45, 7) is 7.86. The smallest absolute Gasteiger partial charge is 0.315 e. The summed E-state index contributed by atoms with van der Waals surface area (Å²) in [6.07, 6.45) is 1.98. The van der Waals surface area contributed by atoms with Crippen molar-refractivity contribution in [2.45, 2.75) is 39.3 Å². The van der Waals surface area contributed by atoms with Crippen molar-refractivity contribution >= 4 is 11.9 Å². The number of rotatable bonds is 6. The van der Waals surface area contributed by atoms with Crippen LogP contribution in [0.5, 0.6) is 0 Å². The minimum absolute atomic E-state index is 0.0459. The van der Waals surface area contributed by atoms with Crippen molar-refractivity contribution < 1.29 is 9.59 Å². The average molecular weight is 346 g/mol. The van der Waals surface area contributed by atoms with Crippen molar-refractivity contribution in [2.24, 2.45) is 0 Å². The highest BCUT2D eigenvalue weighted by atomic mass is 16.2. The van der Waals surface area contributed by atoms with Crippen LogP contribution in [0.1, 0.15) is 42.6 Å². The second-order valence-electron chi connectivity index (χ2n) is 6.58. The highest BCUT2D eigenvalue weighted by Crippen LogP contribution is 2.09. The monoisotopic (exact) mass is 346 g/mol. The molecule has 1 aromatic rings. The molecule has 1 aliphatic heterocycles. The summed E-state index contributed by atoms with van der Waals surface area (Å²) < 4.78 is 0. The molecule has 0 spiro atoms. The number of nitrogens with zero attached hydrogens (tertiary/aromatic N) is 2. The molecule has 3 amide bonds. The van der Waals surface area contributed by atoms with E-state index in [9.17, 15) is 9.59 Å². The second-order valence-corrected chi connectivity index (χ2v) is 6.58. The molecule has 0 radical (unpaired) electrons. The van der Waals surface area contributed by atoms with Gasteiger partial charge in [-0.2, -0.15) is 0 Å². The van der Waals surface area contributed by atoms with E-state index in [1.165, 1.54) is 0 Å². The molecule has 2 rings (SSSR count). The molecule has 6 heteroatoms.